The molecule has 3 rings (SSSR count). The Kier molecular flexibility index (Phi) is 4.83. The monoisotopic (exact) mass is 342 g/mol. The summed E-state index contributed by atoms with van der Waals surface area (Å²) in [6, 6.07) is 6.58. The Morgan fingerprint density at radius 1 is 1.48 bits per heavy atom. The number of rotatable bonds is 5. The first-order chi connectivity index (χ1) is 12.0. The van der Waals surface area contributed by atoms with Crippen molar-refractivity contribution in [2.45, 2.75) is 31.6 Å². The Hall–Kier alpha value is -2.70. The lowest BCUT2D eigenvalue weighted by Gasteiger charge is -2.26. The standard InChI is InChI=1S/C18H22N4O3/c1-20(10-9-13-5-3-6-14(11-13)22(24)25)18(23)15-7-4-8-17-16(15)12-21(2)19-17/h3,5-6,11-12,15H,4,7-10H2,1-2H3/t15-/m1/s1. The van der Waals surface area contributed by atoms with Crippen LogP contribution in [0.1, 0.15) is 35.6 Å². The Morgan fingerprint density at radius 2 is 2.28 bits per heavy atom. The highest BCUT2D eigenvalue weighted by Gasteiger charge is 2.30. The number of carbonyl (C=O) groups is 1. The number of hydrogen-bond donors (Lipinski definition) is 0. The number of hydrogen-bond acceptors (Lipinski definition) is 4. The van der Waals surface area contributed by atoms with Gasteiger partial charge < -0.3 is 4.90 Å². The van der Waals surface area contributed by atoms with Crippen LogP contribution in [-0.4, -0.2) is 39.1 Å². The highest BCUT2D eigenvalue weighted by atomic mass is 16.6. The summed E-state index contributed by atoms with van der Waals surface area (Å²) >= 11 is 0. The third-order valence-corrected chi connectivity index (χ3v) is 4.75. The molecule has 0 spiro atoms. The number of carbonyl (C=O) groups excluding carboxylic acids is 1. The van der Waals surface area contributed by atoms with Crippen LogP contribution in [0.5, 0.6) is 0 Å². The summed E-state index contributed by atoms with van der Waals surface area (Å²) < 4.78 is 1.78. The van der Waals surface area contributed by atoms with E-state index in [1.807, 2.05) is 19.3 Å². The van der Waals surface area contributed by atoms with Crippen LogP contribution in [0.2, 0.25) is 0 Å². The molecule has 1 aliphatic carbocycles. The zero-order valence-electron chi connectivity index (χ0n) is 14.5. The average molecular weight is 342 g/mol. The first-order valence-corrected chi connectivity index (χ1v) is 8.46. The van der Waals surface area contributed by atoms with E-state index in [2.05, 4.69) is 5.10 Å². The first-order valence-electron chi connectivity index (χ1n) is 8.46. The summed E-state index contributed by atoms with van der Waals surface area (Å²) in [6.07, 6.45) is 5.29. The molecular formula is C18H22N4O3. The lowest BCUT2D eigenvalue weighted by atomic mass is 9.86. The van der Waals surface area contributed by atoms with Crippen LogP contribution in [0.3, 0.4) is 0 Å². The maximum atomic E-state index is 12.8. The van der Waals surface area contributed by atoms with Crippen molar-refractivity contribution >= 4 is 11.6 Å². The number of nitrogens with zero attached hydrogens (tertiary/aromatic N) is 4. The van der Waals surface area contributed by atoms with Crippen LogP contribution in [-0.2, 0) is 24.7 Å². The molecular weight excluding hydrogens is 320 g/mol. The summed E-state index contributed by atoms with van der Waals surface area (Å²) in [5.41, 5.74) is 3.01. The summed E-state index contributed by atoms with van der Waals surface area (Å²) in [5, 5.41) is 15.3. The maximum absolute atomic E-state index is 12.8. The fourth-order valence-electron chi connectivity index (χ4n) is 3.42. The molecule has 1 amide bonds. The fraction of sp³-hybridized carbons (Fsp3) is 0.444. The molecule has 2 aromatic rings. The van der Waals surface area contributed by atoms with Gasteiger partial charge >= 0.3 is 0 Å². The third-order valence-electron chi connectivity index (χ3n) is 4.75. The van der Waals surface area contributed by atoms with E-state index in [9.17, 15) is 14.9 Å². The van der Waals surface area contributed by atoms with Crippen molar-refractivity contribution in [3.8, 4) is 0 Å². The molecule has 132 valence electrons. The number of aryl methyl sites for hydroxylation is 2. The molecule has 0 aliphatic heterocycles. The topological polar surface area (TPSA) is 81.3 Å². The average Bonchev–Trinajstić information content (AvgIpc) is 2.99. The zero-order chi connectivity index (χ0) is 18.0. The van der Waals surface area contributed by atoms with Gasteiger partial charge in [0.25, 0.3) is 5.69 Å². The van der Waals surface area contributed by atoms with Gasteiger partial charge in [-0.1, -0.05) is 12.1 Å². The predicted octanol–water partition coefficient (Wildman–Crippen LogP) is 2.45. The minimum absolute atomic E-state index is 0.0822. The molecule has 1 aliphatic rings. The van der Waals surface area contributed by atoms with E-state index in [0.717, 1.165) is 36.1 Å². The van der Waals surface area contributed by atoms with E-state index in [0.29, 0.717) is 13.0 Å². The number of amides is 1. The molecule has 0 saturated heterocycles. The van der Waals surface area contributed by atoms with Crippen LogP contribution >= 0.6 is 0 Å². The lowest BCUT2D eigenvalue weighted by Crippen LogP contribution is -2.34. The van der Waals surface area contributed by atoms with Crippen molar-refractivity contribution in [2.75, 3.05) is 13.6 Å². The second-order valence-corrected chi connectivity index (χ2v) is 6.59. The second-order valence-electron chi connectivity index (χ2n) is 6.59. The minimum atomic E-state index is -0.398. The molecule has 0 fully saturated rings. The summed E-state index contributed by atoms with van der Waals surface area (Å²) in [5.74, 6) is -0.0352. The highest BCUT2D eigenvalue weighted by Crippen LogP contribution is 2.32. The van der Waals surface area contributed by atoms with Crippen molar-refractivity contribution in [1.29, 1.82) is 0 Å². The summed E-state index contributed by atoms with van der Waals surface area (Å²) in [7, 11) is 3.68. The summed E-state index contributed by atoms with van der Waals surface area (Å²) in [4.78, 5) is 25.0. The number of non-ortho nitro benzene ring substituents is 1. The molecule has 0 unspecified atom stereocenters. The van der Waals surface area contributed by atoms with Crippen molar-refractivity contribution in [3.05, 3.63) is 57.4 Å². The van der Waals surface area contributed by atoms with Crippen LogP contribution < -0.4 is 0 Å². The maximum Gasteiger partial charge on any atom is 0.269 e. The van der Waals surface area contributed by atoms with Crippen LogP contribution in [0.15, 0.2) is 30.5 Å². The van der Waals surface area contributed by atoms with Gasteiger partial charge in [0.05, 0.1) is 16.5 Å². The van der Waals surface area contributed by atoms with Gasteiger partial charge in [0, 0.05) is 44.5 Å². The Morgan fingerprint density at radius 3 is 3.04 bits per heavy atom. The molecule has 0 bridgehead atoms. The van der Waals surface area contributed by atoms with Gasteiger partial charge in [-0.25, -0.2) is 0 Å². The molecule has 7 heteroatoms. The third kappa shape index (κ3) is 3.70. The number of likely N-dealkylation sites (N-methyl/N-ethyl adjacent to an activating group) is 1. The molecule has 1 atom stereocenters. The van der Waals surface area contributed by atoms with Gasteiger partial charge in [-0.2, -0.15) is 5.10 Å². The number of nitro groups is 1. The Labute approximate surface area is 146 Å². The van der Waals surface area contributed by atoms with E-state index in [-0.39, 0.29) is 17.5 Å². The molecule has 1 heterocycles. The molecule has 1 aromatic carbocycles. The highest BCUT2D eigenvalue weighted by molar-refractivity contribution is 5.84. The van der Waals surface area contributed by atoms with Gasteiger partial charge in [0.2, 0.25) is 5.91 Å². The lowest BCUT2D eigenvalue weighted by molar-refractivity contribution is -0.384. The molecule has 25 heavy (non-hydrogen) atoms. The van der Waals surface area contributed by atoms with Gasteiger partial charge in [-0.05, 0) is 31.2 Å². The van der Waals surface area contributed by atoms with E-state index >= 15 is 0 Å². The van der Waals surface area contributed by atoms with E-state index in [1.54, 1.807) is 28.8 Å². The number of aromatic nitrogens is 2. The number of nitro benzene ring substituents is 1. The van der Waals surface area contributed by atoms with Gasteiger partial charge in [0.1, 0.15) is 0 Å². The molecule has 0 N–H and O–H groups in total. The molecule has 1 aromatic heterocycles. The molecule has 0 radical (unpaired) electrons. The molecule has 0 saturated carbocycles. The number of fused-ring (bicyclic) bond motifs is 1. The van der Waals surface area contributed by atoms with Gasteiger partial charge in [-0.15, -0.1) is 0 Å². The normalized spacial score (nSPS) is 16.3. The predicted molar refractivity (Wildman–Crippen MR) is 93.3 cm³/mol. The SMILES string of the molecule is CN(CCc1cccc([N+](=O)[O-])c1)C(=O)[C@@H]1CCCc2nn(C)cc21. The Bertz CT molecular complexity index is 799. The van der Waals surface area contributed by atoms with Crippen LogP contribution in [0, 0.1) is 10.1 Å². The first kappa shape index (κ1) is 17.1. The van der Waals surface area contributed by atoms with Gasteiger partial charge in [-0.3, -0.25) is 19.6 Å². The smallest absolute Gasteiger partial charge is 0.269 e. The van der Waals surface area contributed by atoms with E-state index in [1.165, 1.54) is 6.07 Å². The summed E-state index contributed by atoms with van der Waals surface area (Å²) in [6.45, 7) is 0.534. The molecule has 7 nitrogen and oxygen atoms in total. The second kappa shape index (κ2) is 7.04. The van der Waals surface area contributed by atoms with E-state index < -0.39 is 4.92 Å². The van der Waals surface area contributed by atoms with Crippen molar-refractivity contribution in [3.63, 3.8) is 0 Å². The van der Waals surface area contributed by atoms with E-state index in [4.69, 9.17) is 0 Å². The van der Waals surface area contributed by atoms with Crippen molar-refractivity contribution in [2.24, 2.45) is 7.05 Å². The van der Waals surface area contributed by atoms with Gasteiger partial charge in [0.15, 0.2) is 0 Å². The Balaban J connectivity index is 1.66. The van der Waals surface area contributed by atoms with Crippen LogP contribution in [0.4, 0.5) is 5.69 Å². The largest absolute Gasteiger partial charge is 0.345 e. The fourth-order valence-corrected chi connectivity index (χ4v) is 3.42. The van der Waals surface area contributed by atoms with Crippen molar-refractivity contribution < 1.29 is 9.72 Å². The number of benzene rings is 1. The van der Waals surface area contributed by atoms with Crippen LogP contribution in [0.25, 0.3) is 0 Å². The minimum Gasteiger partial charge on any atom is -0.345 e. The quantitative estimate of drug-likeness (QED) is 0.617. The zero-order valence-corrected chi connectivity index (χ0v) is 14.5. The van der Waals surface area contributed by atoms with Crippen molar-refractivity contribution in [1.82, 2.24) is 14.7 Å².